The van der Waals surface area contributed by atoms with Crippen LogP contribution in [0.4, 0.5) is 4.79 Å². The van der Waals surface area contributed by atoms with Gasteiger partial charge in [-0.25, -0.2) is 21.5 Å². The maximum absolute atomic E-state index is 10.7. The molecule has 0 fully saturated rings. The number of hydrogen-bond acceptors (Lipinski definition) is 5. The monoisotopic (exact) mass is 206 g/mol. The summed E-state index contributed by atoms with van der Waals surface area (Å²) in [5.74, 6) is 8.92. The van der Waals surface area contributed by atoms with Gasteiger partial charge in [0.2, 0.25) is 0 Å². The Morgan fingerprint density at radius 1 is 1.50 bits per heavy atom. The number of carboxylic acid groups (broad SMARTS) is 1. The molecule has 8 nitrogen and oxygen atoms in total. The highest BCUT2D eigenvalue weighted by Crippen LogP contribution is 2.02. The van der Waals surface area contributed by atoms with Gasteiger partial charge in [-0.05, 0) is 12.8 Å². The zero-order valence-corrected chi connectivity index (χ0v) is 7.51. The van der Waals surface area contributed by atoms with Crippen LogP contribution in [0.5, 0.6) is 0 Å². The maximum Gasteiger partial charge on any atom is 0.347 e. The van der Waals surface area contributed by atoms with Crippen LogP contribution in [0, 0.1) is 0 Å². The number of hydrazine groups is 2. The van der Waals surface area contributed by atoms with Crippen molar-refractivity contribution in [2.24, 2.45) is 11.7 Å². The van der Waals surface area contributed by atoms with Crippen molar-refractivity contribution in [3.63, 3.8) is 0 Å². The van der Waals surface area contributed by atoms with Crippen molar-refractivity contribution in [1.29, 1.82) is 0 Å². The molecule has 7 N–H and O–H groups in total. The van der Waals surface area contributed by atoms with Gasteiger partial charge in [0.05, 0.1) is 0 Å². The molecule has 82 valence electrons. The van der Waals surface area contributed by atoms with Gasteiger partial charge >= 0.3 is 12.0 Å². The molecular formula is C6H14N4O4. The van der Waals surface area contributed by atoms with Crippen molar-refractivity contribution in [2.45, 2.75) is 25.5 Å². The van der Waals surface area contributed by atoms with E-state index in [1.165, 1.54) is 0 Å². The molecule has 0 radical (unpaired) electrons. The highest BCUT2D eigenvalue weighted by atomic mass is 16.4. The van der Waals surface area contributed by atoms with E-state index in [1.807, 2.05) is 0 Å². The molecule has 0 rings (SSSR count). The lowest BCUT2D eigenvalue weighted by atomic mass is 10.2. The van der Waals surface area contributed by atoms with Crippen molar-refractivity contribution in [3.8, 4) is 0 Å². The Kier molecular flexibility index (Phi) is 5.53. The van der Waals surface area contributed by atoms with Crippen molar-refractivity contribution in [3.05, 3.63) is 0 Å². The lowest BCUT2D eigenvalue weighted by molar-refractivity contribution is -0.137. The van der Waals surface area contributed by atoms with Crippen LogP contribution in [-0.2, 0) is 4.79 Å². The smallest absolute Gasteiger partial charge is 0.347 e. The van der Waals surface area contributed by atoms with Gasteiger partial charge in [0.15, 0.2) is 0 Å². The van der Waals surface area contributed by atoms with Gasteiger partial charge in [0, 0.05) is 6.42 Å². The second kappa shape index (κ2) is 6.13. The number of amides is 2. The molecule has 1 atom stereocenters. The molecule has 1 unspecified atom stereocenters. The van der Waals surface area contributed by atoms with E-state index in [9.17, 15) is 14.7 Å². The number of urea groups is 1. The lowest BCUT2D eigenvalue weighted by Gasteiger charge is -2.21. The number of aliphatic hydroxyl groups is 1. The fraction of sp³-hybridized carbons (Fsp3) is 0.667. The Hall–Kier alpha value is -1.38. The van der Waals surface area contributed by atoms with E-state index in [2.05, 4.69) is 0 Å². The van der Waals surface area contributed by atoms with Crippen LogP contribution >= 0.6 is 0 Å². The molecule has 0 aliphatic rings. The first-order valence-corrected chi connectivity index (χ1v) is 3.93. The number of carbonyl (C=O) groups excluding carboxylic acids is 1. The van der Waals surface area contributed by atoms with Crippen LogP contribution in [0.1, 0.15) is 19.3 Å². The zero-order valence-electron chi connectivity index (χ0n) is 7.51. The van der Waals surface area contributed by atoms with Crippen molar-refractivity contribution < 1.29 is 19.8 Å². The number of hydrogen-bond donors (Lipinski definition) is 5. The minimum absolute atomic E-state index is 0.0796. The summed E-state index contributed by atoms with van der Waals surface area (Å²) >= 11 is 0. The second-order valence-corrected chi connectivity index (χ2v) is 2.62. The van der Waals surface area contributed by atoms with Crippen molar-refractivity contribution >= 4 is 12.0 Å². The van der Waals surface area contributed by atoms with Gasteiger partial charge < -0.3 is 10.2 Å². The van der Waals surface area contributed by atoms with Gasteiger partial charge in [-0.2, -0.15) is 0 Å². The number of nitrogens with zero attached hydrogens (tertiary/aromatic N) is 1. The summed E-state index contributed by atoms with van der Waals surface area (Å²) in [5, 5.41) is 18.0. The highest BCUT2D eigenvalue weighted by molar-refractivity contribution is 5.72. The van der Waals surface area contributed by atoms with Gasteiger partial charge in [0.1, 0.15) is 6.23 Å². The first-order valence-electron chi connectivity index (χ1n) is 3.93. The standard InChI is InChI=1S/C6H14N4O4/c7-9-6(14)10(8)4(11)2-1-3-5(12)13/h4,11H,1-3,7-8H2,(H,9,14)(H,12,13). The summed E-state index contributed by atoms with van der Waals surface area (Å²) in [6.07, 6.45) is -1.02. The SMILES string of the molecule is NNC(=O)N(N)C(O)CCCC(=O)O. The van der Waals surface area contributed by atoms with E-state index in [4.69, 9.17) is 16.8 Å². The Morgan fingerprint density at radius 3 is 2.50 bits per heavy atom. The largest absolute Gasteiger partial charge is 0.481 e. The molecule has 0 saturated heterocycles. The van der Waals surface area contributed by atoms with Gasteiger partial charge in [0.25, 0.3) is 0 Å². The minimum Gasteiger partial charge on any atom is -0.481 e. The molecular weight excluding hydrogens is 192 g/mol. The molecule has 14 heavy (non-hydrogen) atoms. The van der Waals surface area contributed by atoms with E-state index < -0.39 is 18.2 Å². The molecule has 2 amide bonds. The van der Waals surface area contributed by atoms with Crippen LogP contribution in [0.2, 0.25) is 0 Å². The third-order valence-corrected chi connectivity index (χ3v) is 1.53. The molecule has 0 spiro atoms. The quantitative estimate of drug-likeness (QED) is 0.157. The number of nitrogens with two attached hydrogens (primary N) is 2. The maximum atomic E-state index is 10.7. The fourth-order valence-corrected chi connectivity index (χ4v) is 0.785. The second-order valence-electron chi connectivity index (χ2n) is 2.62. The van der Waals surface area contributed by atoms with Crippen molar-refractivity contribution in [2.75, 3.05) is 0 Å². The lowest BCUT2D eigenvalue weighted by Crippen LogP contribution is -2.52. The Balaban J connectivity index is 3.78. The summed E-state index contributed by atoms with van der Waals surface area (Å²) < 4.78 is 0. The average molecular weight is 206 g/mol. The van der Waals surface area contributed by atoms with Gasteiger partial charge in [-0.15, -0.1) is 0 Å². The van der Waals surface area contributed by atoms with E-state index in [0.29, 0.717) is 5.01 Å². The Morgan fingerprint density at radius 2 is 2.07 bits per heavy atom. The summed E-state index contributed by atoms with van der Waals surface area (Å²) in [7, 11) is 0. The number of aliphatic hydroxyl groups excluding tert-OH is 1. The number of carboxylic acids is 1. The molecule has 0 aromatic carbocycles. The van der Waals surface area contributed by atoms with Crippen LogP contribution in [0.3, 0.4) is 0 Å². The van der Waals surface area contributed by atoms with Crippen LogP contribution < -0.4 is 17.1 Å². The number of rotatable bonds is 5. The normalized spacial score (nSPS) is 11.9. The molecule has 0 aromatic heterocycles. The molecule has 0 aliphatic heterocycles. The van der Waals surface area contributed by atoms with Crippen LogP contribution in [-0.4, -0.2) is 33.5 Å². The van der Waals surface area contributed by atoms with Crippen LogP contribution in [0.25, 0.3) is 0 Å². The number of carbonyl (C=O) groups is 2. The highest BCUT2D eigenvalue weighted by Gasteiger charge is 2.16. The molecule has 8 heteroatoms. The number of aliphatic carboxylic acids is 1. The van der Waals surface area contributed by atoms with Gasteiger partial charge in [-0.3, -0.25) is 10.2 Å². The molecule has 0 saturated carbocycles. The number of nitrogens with one attached hydrogen (secondary N) is 1. The average Bonchev–Trinajstić information content (AvgIpc) is 2.14. The molecule has 0 aromatic rings. The van der Waals surface area contributed by atoms with E-state index in [0.717, 1.165) is 0 Å². The predicted octanol–water partition coefficient (Wildman–Crippen LogP) is -1.68. The zero-order chi connectivity index (χ0) is 11.1. The third-order valence-electron chi connectivity index (χ3n) is 1.53. The summed E-state index contributed by atoms with van der Waals surface area (Å²) in [6.45, 7) is 0. The summed E-state index contributed by atoms with van der Waals surface area (Å²) in [6, 6.07) is -0.840. The molecule has 0 heterocycles. The molecule has 0 aliphatic carbocycles. The van der Waals surface area contributed by atoms with Gasteiger partial charge in [-0.1, -0.05) is 0 Å². The summed E-state index contributed by atoms with van der Waals surface area (Å²) in [5.41, 5.74) is 1.73. The summed E-state index contributed by atoms with van der Waals surface area (Å²) in [4.78, 5) is 20.9. The first kappa shape index (κ1) is 12.6. The van der Waals surface area contributed by atoms with E-state index in [-0.39, 0.29) is 19.3 Å². The van der Waals surface area contributed by atoms with Crippen LogP contribution in [0.15, 0.2) is 0 Å². The Bertz CT molecular complexity index is 210. The third kappa shape index (κ3) is 4.60. The van der Waals surface area contributed by atoms with Crippen molar-refractivity contribution in [1.82, 2.24) is 10.4 Å². The Labute approximate surface area is 80.4 Å². The van der Waals surface area contributed by atoms with E-state index in [1.54, 1.807) is 5.43 Å². The predicted molar refractivity (Wildman–Crippen MR) is 46.2 cm³/mol. The first-order chi connectivity index (χ1) is 6.49. The fourth-order valence-electron chi connectivity index (χ4n) is 0.785. The topological polar surface area (TPSA) is 142 Å². The molecule has 0 bridgehead atoms. The van der Waals surface area contributed by atoms with E-state index >= 15 is 0 Å². The minimum atomic E-state index is -1.24.